The molecule has 92 valence electrons. The van der Waals surface area contributed by atoms with E-state index in [2.05, 4.69) is 32.7 Å². The number of nitrogens with two attached hydrogens (primary N) is 1. The van der Waals surface area contributed by atoms with Crippen LogP contribution in [0.15, 0.2) is 0 Å². The number of aliphatic hydroxyl groups excluding tert-OH is 1. The first-order chi connectivity index (χ1) is 6.87. The standard InChI is InChI=1S/C12H28N2O/c1-6-11(7-2)14(5)10(3)8-12(4,13)9-15/h10-11,15H,6-9,13H2,1-5H3. The highest BCUT2D eigenvalue weighted by Gasteiger charge is 2.25. The van der Waals surface area contributed by atoms with Crippen molar-refractivity contribution in [1.82, 2.24) is 4.90 Å². The van der Waals surface area contributed by atoms with Gasteiger partial charge in [-0.15, -0.1) is 0 Å². The minimum Gasteiger partial charge on any atom is -0.394 e. The van der Waals surface area contributed by atoms with E-state index in [1.807, 2.05) is 6.92 Å². The van der Waals surface area contributed by atoms with Gasteiger partial charge in [-0.3, -0.25) is 0 Å². The van der Waals surface area contributed by atoms with E-state index in [1.54, 1.807) is 0 Å². The Labute approximate surface area is 94.6 Å². The lowest BCUT2D eigenvalue weighted by molar-refractivity contribution is 0.121. The number of rotatable bonds is 7. The fraction of sp³-hybridized carbons (Fsp3) is 1.00. The maximum absolute atomic E-state index is 9.13. The summed E-state index contributed by atoms with van der Waals surface area (Å²) in [4.78, 5) is 2.38. The van der Waals surface area contributed by atoms with Gasteiger partial charge in [0, 0.05) is 17.6 Å². The third-order valence-electron chi connectivity index (χ3n) is 3.34. The van der Waals surface area contributed by atoms with E-state index in [0.29, 0.717) is 12.1 Å². The SMILES string of the molecule is CCC(CC)N(C)C(C)CC(C)(N)CO. The van der Waals surface area contributed by atoms with Crippen LogP contribution in [0.5, 0.6) is 0 Å². The molecule has 0 radical (unpaired) electrons. The van der Waals surface area contributed by atoms with Crippen molar-refractivity contribution in [3.05, 3.63) is 0 Å². The fourth-order valence-electron chi connectivity index (χ4n) is 2.11. The van der Waals surface area contributed by atoms with Crippen LogP contribution in [0.1, 0.15) is 47.0 Å². The summed E-state index contributed by atoms with van der Waals surface area (Å²) in [6, 6.07) is 1.03. The molecule has 0 saturated carbocycles. The summed E-state index contributed by atoms with van der Waals surface area (Å²) in [6.45, 7) is 8.56. The summed E-state index contributed by atoms with van der Waals surface area (Å²) in [7, 11) is 2.15. The van der Waals surface area contributed by atoms with E-state index >= 15 is 0 Å². The average molecular weight is 216 g/mol. The molecular formula is C12H28N2O. The second kappa shape index (κ2) is 6.46. The first-order valence-corrected chi connectivity index (χ1v) is 5.99. The summed E-state index contributed by atoms with van der Waals surface area (Å²) in [5, 5.41) is 9.13. The molecule has 0 spiro atoms. The van der Waals surface area contributed by atoms with Crippen LogP contribution >= 0.6 is 0 Å². The van der Waals surface area contributed by atoms with E-state index in [1.165, 1.54) is 0 Å². The van der Waals surface area contributed by atoms with Crippen molar-refractivity contribution in [3.8, 4) is 0 Å². The largest absolute Gasteiger partial charge is 0.394 e. The Hall–Kier alpha value is -0.120. The van der Waals surface area contributed by atoms with Gasteiger partial charge in [-0.05, 0) is 40.2 Å². The monoisotopic (exact) mass is 216 g/mol. The Balaban J connectivity index is 4.25. The van der Waals surface area contributed by atoms with Gasteiger partial charge in [-0.1, -0.05) is 13.8 Å². The molecule has 3 N–H and O–H groups in total. The van der Waals surface area contributed by atoms with Gasteiger partial charge in [0.05, 0.1) is 6.61 Å². The Morgan fingerprint density at radius 1 is 1.33 bits per heavy atom. The van der Waals surface area contributed by atoms with Gasteiger partial charge < -0.3 is 15.7 Å². The van der Waals surface area contributed by atoms with Crippen LogP contribution in [0.4, 0.5) is 0 Å². The fourth-order valence-corrected chi connectivity index (χ4v) is 2.11. The molecule has 0 aliphatic heterocycles. The molecular weight excluding hydrogens is 188 g/mol. The van der Waals surface area contributed by atoms with Gasteiger partial charge in [0.15, 0.2) is 0 Å². The molecule has 0 rings (SSSR count). The zero-order valence-corrected chi connectivity index (χ0v) is 11.0. The van der Waals surface area contributed by atoms with Gasteiger partial charge in [-0.25, -0.2) is 0 Å². The van der Waals surface area contributed by atoms with Crippen molar-refractivity contribution >= 4 is 0 Å². The summed E-state index contributed by atoms with van der Waals surface area (Å²) in [5.74, 6) is 0. The Morgan fingerprint density at radius 3 is 2.13 bits per heavy atom. The minimum atomic E-state index is -0.459. The number of hydrogen-bond acceptors (Lipinski definition) is 3. The molecule has 3 heteroatoms. The van der Waals surface area contributed by atoms with Crippen molar-refractivity contribution < 1.29 is 5.11 Å². The van der Waals surface area contributed by atoms with Crippen molar-refractivity contribution in [1.29, 1.82) is 0 Å². The van der Waals surface area contributed by atoms with E-state index in [-0.39, 0.29) is 6.61 Å². The van der Waals surface area contributed by atoms with E-state index in [4.69, 9.17) is 10.8 Å². The van der Waals surface area contributed by atoms with Crippen molar-refractivity contribution in [2.24, 2.45) is 5.73 Å². The van der Waals surface area contributed by atoms with Gasteiger partial charge in [0.25, 0.3) is 0 Å². The summed E-state index contributed by atoms with van der Waals surface area (Å²) in [6.07, 6.45) is 3.16. The summed E-state index contributed by atoms with van der Waals surface area (Å²) in [5.41, 5.74) is 5.50. The average Bonchev–Trinajstić information content (AvgIpc) is 2.19. The number of nitrogens with zero attached hydrogens (tertiary/aromatic N) is 1. The summed E-state index contributed by atoms with van der Waals surface area (Å²) >= 11 is 0. The van der Waals surface area contributed by atoms with Crippen molar-refractivity contribution in [2.75, 3.05) is 13.7 Å². The van der Waals surface area contributed by atoms with Crippen LogP contribution in [-0.4, -0.2) is 41.3 Å². The normalized spacial score (nSPS) is 18.2. The van der Waals surface area contributed by atoms with Crippen molar-refractivity contribution in [2.45, 2.75) is 64.6 Å². The molecule has 15 heavy (non-hydrogen) atoms. The maximum Gasteiger partial charge on any atom is 0.0609 e. The second-order valence-electron chi connectivity index (χ2n) is 5.00. The molecule has 0 heterocycles. The Kier molecular flexibility index (Phi) is 6.41. The van der Waals surface area contributed by atoms with Gasteiger partial charge in [-0.2, -0.15) is 0 Å². The lowest BCUT2D eigenvalue weighted by atomic mass is 9.94. The van der Waals surface area contributed by atoms with E-state index < -0.39 is 5.54 Å². The number of hydrogen-bond donors (Lipinski definition) is 2. The molecule has 0 aromatic rings. The lowest BCUT2D eigenvalue weighted by Gasteiger charge is -2.36. The van der Waals surface area contributed by atoms with Crippen LogP contribution < -0.4 is 5.73 Å². The topological polar surface area (TPSA) is 49.5 Å². The van der Waals surface area contributed by atoms with Gasteiger partial charge in [0.2, 0.25) is 0 Å². The van der Waals surface area contributed by atoms with Crippen LogP contribution in [0, 0.1) is 0 Å². The Bertz CT molecular complexity index is 167. The zero-order chi connectivity index (χ0) is 12.1. The van der Waals surface area contributed by atoms with Crippen LogP contribution in [0.2, 0.25) is 0 Å². The molecule has 0 aromatic heterocycles. The smallest absolute Gasteiger partial charge is 0.0609 e. The summed E-state index contributed by atoms with van der Waals surface area (Å²) < 4.78 is 0. The lowest BCUT2D eigenvalue weighted by Crippen LogP contribution is -2.48. The predicted molar refractivity (Wildman–Crippen MR) is 65.9 cm³/mol. The van der Waals surface area contributed by atoms with E-state index in [0.717, 1.165) is 19.3 Å². The first-order valence-electron chi connectivity index (χ1n) is 5.99. The van der Waals surface area contributed by atoms with Crippen molar-refractivity contribution in [3.63, 3.8) is 0 Å². The maximum atomic E-state index is 9.13. The molecule has 2 atom stereocenters. The van der Waals surface area contributed by atoms with Crippen LogP contribution in [-0.2, 0) is 0 Å². The minimum absolute atomic E-state index is 0.0497. The molecule has 0 saturated heterocycles. The molecule has 0 aliphatic rings. The number of aliphatic hydroxyl groups is 1. The molecule has 3 nitrogen and oxygen atoms in total. The molecule has 0 bridgehead atoms. The third-order valence-corrected chi connectivity index (χ3v) is 3.34. The predicted octanol–water partition coefficient (Wildman–Crippen LogP) is 1.60. The zero-order valence-electron chi connectivity index (χ0n) is 11.0. The highest BCUT2D eigenvalue weighted by molar-refractivity contribution is 4.84. The molecule has 0 amide bonds. The third kappa shape index (κ3) is 4.96. The highest BCUT2D eigenvalue weighted by Crippen LogP contribution is 2.17. The van der Waals surface area contributed by atoms with Crippen LogP contribution in [0.25, 0.3) is 0 Å². The molecule has 2 unspecified atom stereocenters. The van der Waals surface area contributed by atoms with Gasteiger partial charge >= 0.3 is 0 Å². The molecule has 0 aromatic carbocycles. The first kappa shape index (κ1) is 14.9. The quantitative estimate of drug-likeness (QED) is 0.679. The van der Waals surface area contributed by atoms with Crippen LogP contribution in [0.3, 0.4) is 0 Å². The second-order valence-corrected chi connectivity index (χ2v) is 5.00. The Morgan fingerprint density at radius 2 is 1.80 bits per heavy atom. The molecule has 0 fully saturated rings. The van der Waals surface area contributed by atoms with Gasteiger partial charge in [0.1, 0.15) is 0 Å². The molecule has 0 aliphatic carbocycles. The highest BCUT2D eigenvalue weighted by atomic mass is 16.3. The van der Waals surface area contributed by atoms with E-state index in [9.17, 15) is 0 Å².